The number of amides is 1. The number of carbonyl (C=O) groups excluding carboxylic acids is 1. The summed E-state index contributed by atoms with van der Waals surface area (Å²) in [6, 6.07) is 13.4. The molecule has 0 fully saturated rings. The zero-order valence-corrected chi connectivity index (χ0v) is 18.4. The second kappa shape index (κ2) is 8.51. The molecule has 1 aliphatic rings. The third-order valence-corrected chi connectivity index (χ3v) is 7.16. The van der Waals surface area contributed by atoms with Crippen molar-refractivity contribution >= 4 is 21.8 Å². The highest BCUT2D eigenvalue weighted by atomic mass is 32.2. The summed E-state index contributed by atoms with van der Waals surface area (Å²) in [6.07, 6.45) is 3.33. The largest absolute Gasteiger partial charge is 0.493 e. The van der Waals surface area contributed by atoms with Crippen molar-refractivity contribution in [3.05, 3.63) is 83.2 Å². The van der Waals surface area contributed by atoms with Gasteiger partial charge >= 0.3 is 0 Å². The molecule has 4 rings (SSSR count). The van der Waals surface area contributed by atoms with E-state index in [2.05, 4.69) is 5.32 Å². The van der Waals surface area contributed by atoms with Crippen LogP contribution in [0.1, 0.15) is 39.4 Å². The molecule has 4 N–H and O–H groups in total. The van der Waals surface area contributed by atoms with Crippen LogP contribution in [0.2, 0.25) is 0 Å². The lowest BCUT2D eigenvalue weighted by Crippen LogP contribution is -2.25. The van der Waals surface area contributed by atoms with Gasteiger partial charge in [0.25, 0.3) is 15.9 Å². The van der Waals surface area contributed by atoms with Gasteiger partial charge in [0.05, 0.1) is 17.1 Å². The molecule has 1 aliphatic heterocycles. The zero-order valence-electron chi connectivity index (χ0n) is 17.5. The number of nitrogens with two attached hydrogens (primary N) is 1. The lowest BCUT2D eigenvalue weighted by Gasteiger charge is -2.10. The Balaban J connectivity index is 1.38. The molecular weight excluding hydrogens is 428 g/mol. The van der Waals surface area contributed by atoms with E-state index in [9.17, 15) is 13.2 Å². The number of nitrogens with zero attached hydrogens (tertiary/aromatic N) is 1. The number of carbonyl (C=O) groups is 1. The second-order valence-electron chi connectivity index (χ2n) is 7.77. The molecule has 1 aromatic heterocycles. The minimum absolute atomic E-state index is 0.00291. The van der Waals surface area contributed by atoms with E-state index in [0.29, 0.717) is 25.1 Å². The van der Waals surface area contributed by atoms with E-state index in [0.717, 1.165) is 20.8 Å². The van der Waals surface area contributed by atoms with Crippen molar-refractivity contribution in [2.24, 2.45) is 5.73 Å². The molecule has 1 unspecified atom stereocenters. The summed E-state index contributed by atoms with van der Waals surface area (Å²) in [6.45, 7) is 2.78. The molecule has 3 aromatic rings. The van der Waals surface area contributed by atoms with Crippen LogP contribution in [0.5, 0.6) is 5.75 Å². The molecule has 0 saturated heterocycles. The minimum Gasteiger partial charge on any atom is -0.493 e. The number of benzene rings is 2. The Morgan fingerprint density at radius 3 is 2.66 bits per heavy atom. The predicted molar refractivity (Wildman–Crippen MR) is 121 cm³/mol. The number of hydrogen-bond acceptors (Lipinski definition) is 5. The summed E-state index contributed by atoms with van der Waals surface area (Å²) in [5, 5.41) is 10.4. The van der Waals surface area contributed by atoms with Crippen LogP contribution in [0.15, 0.2) is 65.8 Å². The topological polar surface area (TPSA) is 127 Å². The van der Waals surface area contributed by atoms with Crippen LogP contribution < -0.4 is 15.8 Å². The maximum atomic E-state index is 12.8. The molecule has 1 amide bonds. The van der Waals surface area contributed by atoms with Gasteiger partial charge in [0.1, 0.15) is 11.6 Å². The smallest absolute Gasteiger partial charge is 0.267 e. The third kappa shape index (κ3) is 4.24. The van der Waals surface area contributed by atoms with Crippen LogP contribution in [-0.2, 0) is 10.0 Å². The average Bonchev–Trinajstić information content (AvgIpc) is 3.42. The van der Waals surface area contributed by atoms with E-state index < -0.39 is 10.0 Å². The van der Waals surface area contributed by atoms with E-state index >= 15 is 0 Å². The zero-order chi connectivity index (χ0) is 22.9. The molecule has 0 bridgehead atoms. The van der Waals surface area contributed by atoms with Crippen molar-refractivity contribution in [1.29, 1.82) is 5.41 Å². The van der Waals surface area contributed by atoms with Crippen LogP contribution in [0, 0.1) is 12.3 Å². The van der Waals surface area contributed by atoms with Gasteiger partial charge in [-0.1, -0.05) is 17.7 Å². The molecule has 1 atom stereocenters. The molecule has 0 spiro atoms. The van der Waals surface area contributed by atoms with Gasteiger partial charge in [-0.25, -0.2) is 12.4 Å². The molecule has 2 aromatic carbocycles. The van der Waals surface area contributed by atoms with Crippen LogP contribution >= 0.6 is 0 Å². The highest BCUT2D eigenvalue weighted by Gasteiger charge is 2.25. The first-order chi connectivity index (χ1) is 15.3. The maximum absolute atomic E-state index is 12.8. The monoisotopic (exact) mass is 452 g/mol. The van der Waals surface area contributed by atoms with Crippen molar-refractivity contribution in [1.82, 2.24) is 9.29 Å². The summed E-state index contributed by atoms with van der Waals surface area (Å²) in [5.74, 6) is 0.497. The van der Waals surface area contributed by atoms with Gasteiger partial charge in [-0.05, 0) is 49.7 Å². The van der Waals surface area contributed by atoms with Gasteiger partial charge in [-0.3, -0.25) is 10.2 Å². The summed E-state index contributed by atoms with van der Waals surface area (Å²) in [7, 11) is -3.75. The minimum atomic E-state index is -3.75. The van der Waals surface area contributed by atoms with E-state index in [1.54, 1.807) is 30.3 Å². The summed E-state index contributed by atoms with van der Waals surface area (Å²) in [4.78, 5) is 12.7. The number of aryl methyl sites for hydroxylation is 1. The van der Waals surface area contributed by atoms with Crippen LogP contribution in [0.25, 0.3) is 0 Å². The number of aromatic nitrogens is 1. The van der Waals surface area contributed by atoms with Crippen molar-refractivity contribution in [2.75, 3.05) is 13.2 Å². The molecule has 2 heterocycles. The number of ether oxygens (including phenoxy) is 1. The molecule has 0 saturated carbocycles. The molecule has 0 aliphatic carbocycles. The predicted octanol–water partition coefficient (Wildman–Crippen LogP) is 2.61. The van der Waals surface area contributed by atoms with E-state index in [-0.39, 0.29) is 28.1 Å². The number of hydrogen-bond donors (Lipinski definition) is 3. The number of fused-ring (bicyclic) bond motifs is 1. The lowest BCUT2D eigenvalue weighted by molar-refractivity contribution is 0.0952. The Hall–Kier alpha value is -3.59. The maximum Gasteiger partial charge on any atom is 0.267 e. The second-order valence-corrected chi connectivity index (χ2v) is 9.61. The van der Waals surface area contributed by atoms with Crippen molar-refractivity contribution in [3.8, 4) is 5.75 Å². The highest BCUT2D eigenvalue weighted by molar-refractivity contribution is 7.90. The first-order valence-electron chi connectivity index (χ1n) is 10.2. The lowest BCUT2D eigenvalue weighted by atomic mass is 9.96. The Morgan fingerprint density at radius 1 is 1.19 bits per heavy atom. The summed E-state index contributed by atoms with van der Waals surface area (Å²) < 4.78 is 32.2. The van der Waals surface area contributed by atoms with Crippen LogP contribution in [-0.4, -0.2) is 37.3 Å². The molecule has 9 heteroatoms. The average molecular weight is 453 g/mol. The van der Waals surface area contributed by atoms with E-state index in [1.807, 2.05) is 19.1 Å². The van der Waals surface area contributed by atoms with Gasteiger partial charge in [0, 0.05) is 36.0 Å². The molecular formula is C23H24N4O4S. The Kier molecular flexibility index (Phi) is 5.75. The standard InChI is InChI=1S/C23H24N4O4S/c1-15-2-5-19(6-3-15)32(29,30)27-11-9-17(13-27)23(28)26-10-8-18-14-31-21-7-4-16(22(24)25)12-20(18)21/h2-7,9,11-13,18H,8,10,14H2,1H3,(H3,24,25)(H,26,28). The van der Waals surface area contributed by atoms with Crippen molar-refractivity contribution in [2.45, 2.75) is 24.2 Å². The summed E-state index contributed by atoms with van der Waals surface area (Å²) >= 11 is 0. The van der Waals surface area contributed by atoms with Crippen molar-refractivity contribution < 1.29 is 17.9 Å². The fraction of sp³-hybridized carbons (Fsp3) is 0.217. The van der Waals surface area contributed by atoms with Gasteiger partial charge in [0.2, 0.25) is 0 Å². The van der Waals surface area contributed by atoms with Gasteiger partial charge in [-0.15, -0.1) is 0 Å². The normalized spacial score (nSPS) is 15.1. The van der Waals surface area contributed by atoms with Gasteiger partial charge < -0.3 is 15.8 Å². The van der Waals surface area contributed by atoms with Gasteiger partial charge in [-0.2, -0.15) is 0 Å². The van der Waals surface area contributed by atoms with Crippen LogP contribution in [0.3, 0.4) is 0 Å². The molecule has 0 radical (unpaired) electrons. The summed E-state index contributed by atoms with van der Waals surface area (Å²) in [5.41, 5.74) is 8.42. The van der Waals surface area contributed by atoms with Crippen LogP contribution in [0.4, 0.5) is 0 Å². The Morgan fingerprint density at radius 2 is 1.94 bits per heavy atom. The van der Waals surface area contributed by atoms with Crippen molar-refractivity contribution in [3.63, 3.8) is 0 Å². The number of nitrogen functional groups attached to an aromatic ring is 1. The fourth-order valence-corrected chi connectivity index (χ4v) is 4.84. The molecule has 8 nitrogen and oxygen atoms in total. The SMILES string of the molecule is Cc1ccc(S(=O)(=O)n2ccc(C(=O)NCCC3COc4ccc(C(=N)N)cc43)c2)cc1. The molecule has 32 heavy (non-hydrogen) atoms. The Bertz CT molecular complexity index is 1280. The third-order valence-electron chi connectivity index (χ3n) is 5.50. The van der Waals surface area contributed by atoms with E-state index in [4.69, 9.17) is 15.9 Å². The first-order valence-corrected chi connectivity index (χ1v) is 11.6. The fourth-order valence-electron chi connectivity index (χ4n) is 3.64. The number of amidine groups is 1. The Labute approximate surface area is 186 Å². The number of rotatable bonds is 7. The first kappa shape index (κ1) is 21.6. The molecule has 166 valence electrons. The van der Waals surface area contributed by atoms with Gasteiger partial charge in [0.15, 0.2) is 0 Å². The number of nitrogens with one attached hydrogen (secondary N) is 2. The quantitative estimate of drug-likeness (QED) is 0.375. The highest BCUT2D eigenvalue weighted by Crippen LogP contribution is 2.36. The van der Waals surface area contributed by atoms with E-state index in [1.165, 1.54) is 18.5 Å².